The van der Waals surface area contributed by atoms with E-state index in [2.05, 4.69) is 9.97 Å². The van der Waals surface area contributed by atoms with Gasteiger partial charge in [-0.05, 0) is 30.5 Å². The molecular weight excluding hydrogens is 365 g/mol. The Morgan fingerprint density at radius 1 is 1.24 bits per heavy atom. The maximum absolute atomic E-state index is 12.5. The number of aromatic nitrogens is 2. The van der Waals surface area contributed by atoms with Crippen molar-refractivity contribution in [2.24, 2.45) is 0 Å². The molecule has 0 unspecified atom stereocenters. The van der Waals surface area contributed by atoms with Crippen LogP contribution in [0.2, 0.25) is 10.0 Å². The van der Waals surface area contributed by atoms with Crippen molar-refractivity contribution in [3.05, 3.63) is 58.1 Å². The highest BCUT2D eigenvalue weighted by Crippen LogP contribution is 2.35. The third kappa shape index (κ3) is 4.08. The summed E-state index contributed by atoms with van der Waals surface area (Å²) in [5.41, 5.74) is 0.984. The molecule has 2 aromatic rings. The number of nitrogens with zero attached hydrogens (tertiary/aromatic N) is 3. The Morgan fingerprint density at radius 3 is 2.80 bits per heavy atom. The van der Waals surface area contributed by atoms with Crippen LogP contribution in [0, 0.1) is 0 Å². The zero-order valence-corrected chi connectivity index (χ0v) is 14.7. The lowest BCUT2D eigenvalue weighted by atomic mass is 10.0. The van der Waals surface area contributed by atoms with E-state index < -0.39 is 5.97 Å². The number of ether oxygens (including phenoxy) is 1. The molecule has 25 heavy (non-hydrogen) atoms. The lowest BCUT2D eigenvalue weighted by Gasteiger charge is -2.25. The monoisotopic (exact) mass is 379 g/mol. The normalized spacial score (nSPS) is 16.7. The predicted molar refractivity (Wildman–Crippen MR) is 92.5 cm³/mol. The Kier molecular flexibility index (Phi) is 5.50. The molecule has 1 aliphatic heterocycles. The second-order valence-electron chi connectivity index (χ2n) is 5.59. The molecule has 130 valence electrons. The smallest absolute Gasteiger partial charge is 0.359 e. The molecule has 0 bridgehead atoms. The molecule has 1 fully saturated rings. The van der Waals surface area contributed by atoms with Crippen molar-refractivity contribution in [2.45, 2.75) is 18.9 Å². The average Bonchev–Trinajstić information content (AvgIpc) is 3.12. The molecule has 0 saturated carbocycles. The van der Waals surface area contributed by atoms with Crippen LogP contribution in [0.1, 0.15) is 34.9 Å². The maximum atomic E-state index is 12.5. The molecule has 1 amide bonds. The number of carbonyl (C=O) groups is 2. The highest BCUT2D eigenvalue weighted by atomic mass is 35.5. The van der Waals surface area contributed by atoms with Crippen molar-refractivity contribution < 1.29 is 14.3 Å². The number of carbonyl (C=O) groups excluding carboxylic acids is 2. The summed E-state index contributed by atoms with van der Waals surface area (Å²) in [6.07, 6.45) is 5.82. The predicted octanol–water partition coefficient (Wildman–Crippen LogP) is 3.30. The highest BCUT2D eigenvalue weighted by molar-refractivity contribution is 6.42. The Labute approximate surface area is 154 Å². The first-order valence-electron chi connectivity index (χ1n) is 7.74. The van der Waals surface area contributed by atoms with E-state index in [0.717, 1.165) is 18.4 Å². The van der Waals surface area contributed by atoms with Crippen LogP contribution >= 0.6 is 23.2 Å². The largest absolute Gasteiger partial charge is 0.451 e. The van der Waals surface area contributed by atoms with Crippen LogP contribution in [0.3, 0.4) is 0 Å². The van der Waals surface area contributed by atoms with Gasteiger partial charge in [-0.25, -0.2) is 9.78 Å². The van der Waals surface area contributed by atoms with Gasteiger partial charge in [0.2, 0.25) is 0 Å². The molecule has 0 aliphatic carbocycles. The summed E-state index contributed by atoms with van der Waals surface area (Å²) in [5.74, 6) is -0.933. The Balaban J connectivity index is 1.64. The minimum atomic E-state index is -0.674. The number of hydrogen-bond acceptors (Lipinski definition) is 5. The van der Waals surface area contributed by atoms with Crippen LogP contribution in [0.15, 0.2) is 36.8 Å². The molecule has 2 heterocycles. The van der Waals surface area contributed by atoms with Gasteiger partial charge in [0, 0.05) is 18.9 Å². The molecule has 1 aliphatic rings. The lowest BCUT2D eigenvalue weighted by Crippen LogP contribution is -2.34. The standard InChI is InChI=1S/C17H15Cl2N3O3/c18-12-4-3-11(8-13(12)19)15-2-1-7-22(15)16(23)10-25-17(24)14-9-20-5-6-21-14/h3-6,8-9,15H,1-2,7,10H2/t15-/m1/s1. The molecule has 1 saturated heterocycles. The van der Waals surface area contributed by atoms with Crippen molar-refractivity contribution in [3.8, 4) is 0 Å². The van der Waals surface area contributed by atoms with E-state index in [-0.39, 0.29) is 24.2 Å². The van der Waals surface area contributed by atoms with Gasteiger partial charge in [-0.15, -0.1) is 0 Å². The van der Waals surface area contributed by atoms with Gasteiger partial charge in [0.05, 0.1) is 22.3 Å². The fourth-order valence-corrected chi connectivity index (χ4v) is 3.13. The van der Waals surface area contributed by atoms with Crippen LogP contribution in [0.4, 0.5) is 0 Å². The number of amides is 1. The van der Waals surface area contributed by atoms with Crippen molar-refractivity contribution in [3.63, 3.8) is 0 Å². The molecule has 1 atom stereocenters. The second-order valence-corrected chi connectivity index (χ2v) is 6.40. The summed E-state index contributed by atoms with van der Waals surface area (Å²) < 4.78 is 5.05. The first kappa shape index (κ1) is 17.6. The molecule has 3 rings (SSSR count). The summed E-state index contributed by atoms with van der Waals surface area (Å²) in [7, 11) is 0. The second kappa shape index (κ2) is 7.80. The molecule has 1 aromatic carbocycles. The van der Waals surface area contributed by atoms with E-state index in [1.807, 2.05) is 6.07 Å². The fraction of sp³-hybridized carbons (Fsp3) is 0.294. The summed E-state index contributed by atoms with van der Waals surface area (Å²) in [4.78, 5) is 33.7. The topological polar surface area (TPSA) is 72.4 Å². The third-order valence-corrected chi connectivity index (χ3v) is 4.74. The van der Waals surface area contributed by atoms with Gasteiger partial charge in [0.1, 0.15) is 0 Å². The van der Waals surface area contributed by atoms with E-state index in [1.165, 1.54) is 18.6 Å². The molecule has 6 nitrogen and oxygen atoms in total. The van der Waals surface area contributed by atoms with Gasteiger partial charge in [-0.3, -0.25) is 9.78 Å². The minimum absolute atomic E-state index is 0.0674. The molecular formula is C17H15Cl2N3O3. The quantitative estimate of drug-likeness (QED) is 0.761. The van der Waals surface area contributed by atoms with Crippen molar-refractivity contribution in [1.29, 1.82) is 0 Å². The number of rotatable bonds is 4. The van der Waals surface area contributed by atoms with Gasteiger partial charge in [0.25, 0.3) is 5.91 Å². The number of hydrogen-bond donors (Lipinski definition) is 0. The first-order valence-corrected chi connectivity index (χ1v) is 8.49. The van der Waals surface area contributed by atoms with Crippen LogP contribution in [0.5, 0.6) is 0 Å². The van der Waals surface area contributed by atoms with Gasteiger partial charge in [0.15, 0.2) is 12.3 Å². The lowest BCUT2D eigenvalue weighted by molar-refractivity contribution is -0.135. The summed E-state index contributed by atoms with van der Waals surface area (Å²) in [6.45, 7) is 0.264. The van der Waals surface area contributed by atoms with Crippen molar-refractivity contribution in [1.82, 2.24) is 14.9 Å². The Morgan fingerprint density at radius 2 is 2.08 bits per heavy atom. The van der Waals surface area contributed by atoms with Gasteiger partial charge >= 0.3 is 5.97 Å². The van der Waals surface area contributed by atoms with E-state index in [0.29, 0.717) is 16.6 Å². The van der Waals surface area contributed by atoms with E-state index in [4.69, 9.17) is 27.9 Å². The molecule has 0 N–H and O–H groups in total. The van der Waals surface area contributed by atoms with Gasteiger partial charge in [-0.2, -0.15) is 0 Å². The average molecular weight is 380 g/mol. The molecule has 8 heteroatoms. The number of likely N-dealkylation sites (tertiary alicyclic amines) is 1. The first-order chi connectivity index (χ1) is 12.1. The molecule has 0 radical (unpaired) electrons. The van der Waals surface area contributed by atoms with Gasteiger partial charge < -0.3 is 9.64 Å². The van der Waals surface area contributed by atoms with Crippen molar-refractivity contribution in [2.75, 3.05) is 13.2 Å². The number of esters is 1. The Hall–Kier alpha value is -2.18. The number of halogens is 2. The summed E-state index contributed by atoms with van der Waals surface area (Å²) >= 11 is 12.0. The van der Waals surface area contributed by atoms with Crippen molar-refractivity contribution >= 4 is 35.1 Å². The van der Waals surface area contributed by atoms with Gasteiger partial charge in [-0.1, -0.05) is 29.3 Å². The molecule has 0 spiro atoms. The van der Waals surface area contributed by atoms with Crippen LogP contribution < -0.4 is 0 Å². The van der Waals surface area contributed by atoms with Crippen LogP contribution in [-0.4, -0.2) is 39.9 Å². The highest BCUT2D eigenvalue weighted by Gasteiger charge is 2.30. The molecule has 1 aromatic heterocycles. The zero-order chi connectivity index (χ0) is 17.8. The number of benzene rings is 1. The van der Waals surface area contributed by atoms with Crippen LogP contribution in [0.25, 0.3) is 0 Å². The van der Waals surface area contributed by atoms with E-state index >= 15 is 0 Å². The SMILES string of the molecule is O=C(OCC(=O)N1CCC[C@@H]1c1ccc(Cl)c(Cl)c1)c1cnccn1. The fourth-order valence-electron chi connectivity index (χ4n) is 2.82. The minimum Gasteiger partial charge on any atom is -0.451 e. The third-order valence-electron chi connectivity index (χ3n) is 4.00. The van der Waals surface area contributed by atoms with E-state index in [1.54, 1.807) is 17.0 Å². The Bertz CT molecular complexity index is 786. The zero-order valence-electron chi connectivity index (χ0n) is 13.2. The maximum Gasteiger partial charge on any atom is 0.359 e. The van der Waals surface area contributed by atoms with E-state index in [9.17, 15) is 9.59 Å². The van der Waals surface area contributed by atoms with Crippen LogP contribution in [-0.2, 0) is 9.53 Å². The summed E-state index contributed by atoms with van der Waals surface area (Å²) in [5, 5.41) is 0.923. The summed E-state index contributed by atoms with van der Waals surface area (Å²) in [6, 6.07) is 5.24.